The first-order valence-corrected chi connectivity index (χ1v) is 4.76. The van der Waals surface area contributed by atoms with Crippen LogP contribution in [0.25, 0.3) is 0 Å². The third-order valence-corrected chi connectivity index (χ3v) is 2.84. The van der Waals surface area contributed by atoms with Crippen LogP contribution in [0.5, 0.6) is 0 Å². The summed E-state index contributed by atoms with van der Waals surface area (Å²) in [5.41, 5.74) is 8.38. The Balaban J connectivity index is 2.40. The number of hydrogen-bond donors (Lipinski definition) is 2. The summed E-state index contributed by atoms with van der Waals surface area (Å²) in [4.78, 5) is 0. The van der Waals surface area contributed by atoms with Crippen molar-refractivity contribution < 1.29 is 0 Å². The molecule has 3 heteroatoms. The number of halogens is 1. The van der Waals surface area contributed by atoms with Gasteiger partial charge in [-0.3, -0.25) is 0 Å². The van der Waals surface area contributed by atoms with Gasteiger partial charge in [-0.15, -0.1) is 0 Å². The Morgan fingerprint density at radius 1 is 1.46 bits per heavy atom. The van der Waals surface area contributed by atoms with Crippen molar-refractivity contribution in [3.8, 4) is 0 Å². The average Bonchev–Trinajstić information content (AvgIpc) is 2.00. The van der Waals surface area contributed by atoms with E-state index < -0.39 is 0 Å². The fourth-order valence-electron chi connectivity index (χ4n) is 1.77. The van der Waals surface area contributed by atoms with Crippen molar-refractivity contribution in [1.82, 2.24) is 5.32 Å². The second-order valence-corrected chi connectivity index (χ2v) is 4.16. The van der Waals surface area contributed by atoms with Gasteiger partial charge in [-0.25, -0.2) is 0 Å². The predicted molar refractivity (Wildman–Crippen MR) is 54.9 cm³/mol. The zero-order valence-corrected chi connectivity index (χ0v) is 8.36. The molecule has 1 saturated heterocycles. The summed E-state index contributed by atoms with van der Waals surface area (Å²) in [5, 5.41) is 3.96. The molecule has 0 atom stereocenters. The summed E-state index contributed by atoms with van der Waals surface area (Å²) in [5.74, 6) is 0. The maximum absolute atomic E-state index is 6.17. The van der Waals surface area contributed by atoms with Crippen molar-refractivity contribution in [3.63, 3.8) is 0 Å². The largest absolute Gasteiger partial charge is 0.319 e. The second kappa shape index (κ2) is 2.98. The SMILES string of the molecule is Cc1cc(Cl)ccc1C1(N)CNC1. The number of rotatable bonds is 1. The highest BCUT2D eigenvalue weighted by atomic mass is 35.5. The van der Waals surface area contributed by atoms with Crippen molar-refractivity contribution in [2.24, 2.45) is 5.73 Å². The molecule has 0 aliphatic carbocycles. The van der Waals surface area contributed by atoms with Gasteiger partial charge in [-0.1, -0.05) is 17.7 Å². The monoisotopic (exact) mass is 196 g/mol. The minimum Gasteiger partial charge on any atom is -0.319 e. The fraction of sp³-hybridized carbons (Fsp3) is 0.400. The number of nitrogens with one attached hydrogen (secondary N) is 1. The Kier molecular flexibility index (Phi) is 2.06. The Hall–Kier alpha value is -0.570. The maximum Gasteiger partial charge on any atom is 0.0664 e. The number of aryl methyl sites for hydroxylation is 1. The van der Waals surface area contributed by atoms with Gasteiger partial charge >= 0.3 is 0 Å². The molecule has 1 aromatic carbocycles. The highest BCUT2D eigenvalue weighted by Gasteiger charge is 2.35. The van der Waals surface area contributed by atoms with E-state index >= 15 is 0 Å². The molecule has 0 saturated carbocycles. The highest BCUT2D eigenvalue weighted by Crippen LogP contribution is 2.27. The summed E-state index contributed by atoms with van der Waals surface area (Å²) < 4.78 is 0. The van der Waals surface area contributed by atoms with Gasteiger partial charge in [0.25, 0.3) is 0 Å². The molecule has 13 heavy (non-hydrogen) atoms. The van der Waals surface area contributed by atoms with Crippen LogP contribution in [0.2, 0.25) is 5.02 Å². The standard InChI is InChI=1S/C10H13ClN2/c1-7-4-8(11)2-3-9(7)10(12)5-13-6-10/h2-4,13H,5-6,12H2,1H3. The minimum absolute atomic E-state index is 0.172. The van der Waals surface area contributed by atoms with E-state index in [1.165, 1.54) is 11.1 Å². The van der Waals surface area contributed by atoms with Gasteiger partial charge in [0.1, 0.15) is 0 Å². The lowest BCUT2D eigenvalue weighted by atomic mass is 9.83. The third-order valence-electron chi connectivity index (χ3n) is 2.61. The zero-order valence-electron chi connectivity index (χ0n) is 7.60. The van der Waals surface area contributed by atoms with Crippen molar-refractivity contribution in [1.29, 1.82) is 0 Å². The van der Waals surface area contributed by atoms with Gasteiger partial charge in [0.2, 0.25) is 0 Å². The van der Waals surface area contributed by atoms with Gasteiger partial charge in [-0.05, 0) is 30.2 Å². The van der Waals surface area contributed by atoms with Crippen LogP contribution in [0, 0.1) is 6.92 Å². The van der Waals surface area contributed by atoms with Crippen LogP contribution in [-0.4, -0.2) is 13.1 Å². The van der Waals surface area contributed by atoms with Crippen molar-refractivity contribution in [3.05, 3.63) is 34.3 Å². The topological polar surface area (TPSA) is 38.0 Å². The van der Waals surface area contributed by atoms with Gasteiger partial charge in [0.15, 0.2) is 0 Å². The lowest BCUT2D eigenvalue weighted by Gasteiger charge is -2.40. The molecule has 1 aromatic rings. The van der Waals surface area contributed by atoms with E-state index in [1.54, 1.807) is 0 Å². The number of benzene rings is 1. The molecule has 1 aliphatic rings. The van der Waals surface area contributed by atoms with Crippen LogP contribution in [0.4, 0.5) is 0 Å². The van der Waals surface area contributed by atoms with Gasteiger partial charge in [0.05, 0.1) is 5.54 Å². The summed E-state index contributed by atoms with van der Waals surface area (Å²) in [6.45, 7) is 3.76. The van der Waals surface area contributed by atoms with Crippen molar-refractivity contribution in [2.45, 2.75) is 12.5 Å². The molecule has 0 bridgehead atoms. The lowest BCUT2D eigenvalue weighted by molar-refractivity contribution is 0.286. The van der Waals surface area contributed by atoms with E-state index in [4.69, 9.17) is 17.3 Å². The molecular formula is C10H13ClN2. The summed E-state index contributed by atoms with van der Waals surface area (Å²) >= 11 is 5.87. The molecule has 2 rings (SSSR count). The van der Waals surface area contributed by atoms with E-state index in [0.29, 0.717) is 0 Å². The Labute approximate surface area is 83.1 Å². The van der Waals surface area contributed by atoms with Crippen LogP contribution < -0.4 is 11.1 Å². The van der Waals surface area contributed by atoms with E-state index in [0.717, 1.165) is 18.1 Å². The average molecular weight is 197 g/mol. The first kappa shape index (κ1) is 9.00. The molecule has 3 N–H and O–H groups in total. The van der Waals surface area contributed by atoms with E-state index in [-0.39, 0.29) is 5.54 Å². The number of hydrogen-bond acceptors (Lipinski definition) is 2. The molecule has 0 amide bonds. The Morgan fingerprint density at radius 3 is 2.62 bits per heavy atom. The summed E-state index contributed by atoms with van der Waals surface area (Å²) in [6, 6.07) is 5.89. The molecule has 0 unspecified atom stereocenters. The van der Waals surface area contributed by atoms with Crippen LogP contribution >= 0.6 is 11.6 Å². The molecule has 0 aromatic heterocycles. The van der Waals surface area contributed by atoms with Crippen molar-refractivity contribution >= 4 is 11.6 Å². The van der Waals surface area contributed by atoms with Crippen LogP contribution in [0.15, 0.2) is 18.2 Å². The van der Waals surface area contributed by atoms with E-state index in [9.17, 15) is 0 Å². The molecular weight excluding hydrogens is 184 g/mol. The molecule has 0 radical (unpaired) electrons. The fourth-order valence-corrected chi connectivity index (χ4v) is 2.00. The normalized spacial score (nSPS) is 19.6. The molecule has 0 spiro atoms. The zero-order chi connectivity index (χ0) is 9.47. The summed E-state index contributed by atoms with van der Waals surface area (Å²) in [7, 11) is 0. The first-order chi connectivity index (χ1) is 6.12. The van der Waals surface area contributed by atoms with E-state index in [1.807, 2.05) is 25.1 Å². The smallest absolute Gasteiger partial charge is 0.0664 e. The molecule has 1 aliphatic heterocycles. The molecule has 2 nitrogen and oxygen atoms in total. The minimum atomic E-state index is -0.172. The van der Waals surface area contributed by atoms with Crippen LogP contribution in [-0.2, 0) is 5.54 Å². The van der Waals surface area contributed by atoms with Gasteiger partial charge in [-0.2, -0.15) is 0 Å². The summed E-state index contributed by atoms with van der Waals surface area (Å²) in [6.07, 6.45) is 0. The van der Waals surface area contributed by atoms with Crippen LogP contribution in [0.3, 0.4) is 0 Å². The quantitative estimate of drug-likeness (QED) is 0.713. The maximum atomic E-state index is 6.17. The molecule has 1 heterocycles. The third kappa shape index (κ3) is 1.46. The van der Waals surface area contributed by atoms with E-state index in [2.05, 4.69) is 5.32 Å². The van der Waals surface area contributed by atoms with Crippen LogP contribution in [0.1, 0.15) is 11.1 Å². The first-order valence-electron chi connectivity index (χ1n) is 4.38. The Bertz CT molecular complexity index is 332. The molecule has 1 fully saturated rings. The Morgan fingerprint density at radius 2 is 2.15 bits per heavy atom. The molecule has 70 valence electrons. The predicted octanol–water partition coefficient (Wildman–Crippen LogP) is 1.41. The second-order valence-electron chi connectivity index (χ2n) is 3.72. The van der Waals surface area contributed by atoms with Gasteiger partial charge < -0.3 is 11.1 Å². The lowest BCUT2D eigenvalue weighted by Crippen LogP contribution is -2.63. The number of nitrogens with two attached hydrogens (primary N) is 1. The van der Waals surface area contributed by atoms with Gasteiger partial charge in [0, 0.05) is 18.1 Å². The highest BCUT2D eigenvalue weighted by molar-refractivity contribution is 6.30. The van der Waals surface area contributed by atoms with Crippen molar-refractivity contribution in [2.75, 3.05) is 13.1 Å².